The summed E-state index contributed by atoms with van der Waals surface area (Å²) in [6.07, 6.45) is 1.65. The van der Waals surface area contributed by atoms with Crippen molar-refractivity contribution in [3.63, 3.8) is 0 Å². The normalized spacial score (nSPS) is 17.7. The second kappa shape index (κ2) is 10.6. The fraction of sp³-hybridized carbons (Fsp3) is 0.261. The standard InChI is InChI=1S/C23H20Cl2N2O5S/c24-17-4-3-16(19(25)12-17)13-27-22(29)20(33-23(27)30)11-15-1-5-18(6-2-15)32-14-21(28)26-7-9-31-10-8-26/h1-6,11-12H,7-10,13-14H2/b20-11-. The Bertz CT molecular complexity index is 1100. The zero-order chi connectivity index (χ0) is 23.4. The molecule has 0 radical (unpaired) electrons. The number of nitrogens with zero attached hydrogens (tertiary/aromatic N) is 2. The maximum atomic E-state index is 12.8. The Kier molecular flexibility index (Phi) is 7.60. The first-order valence-corrected chi connectivity index (χ1v) is 11.8. The van der Waals surface area contributed by atoms with Gasteiger partial charge in [-0.1, -0.05) is 41.4 Å². The third kappa shape index (κ3) is 5.89. The van der Waals surface area contributed by atoms with E-state index in [2.05, 4.69) is 0 Å². The molecule has 7 nitrogen and oxygen atoms in total. The number of hydrogen-bond acceptors (Lipinski definition) is 6. The molecule has 2 aromatic carbocycles. The number of rotatable bonds is 6. The Morgan fingerprint density at radius 2 is 1.82 bits per heavy atom. The van der Waals surface area contributed by atoms with Gasteiger partial charge >= 0.3 is 0 Å². The highest BCUT2D eigenvalue weighted by Crippen LogP contribution is 2.34. The van der Waals surface area contributed by atoms with E-state index in [0.717, 1.165) is 22.2 Å². The van der Waals surface area contributed by atoms with Crippen LogP contribution in [0.5, 0.6) is 5.75 Å². The van der Waals surface area contributed by atoms with Gasteiger partial charge in [-0.3, -0.25) is 19.3 Å². The van der Waals surface area contributed by atoms with Crippen molar-refractivity contribution >= 4 is 58.1 Å². The lowest BCUT2D eigenvalue weighted by Gasteiger charge is -2.26. The van der Waals surface area contributed by atoms with Crippen LogP contribution in [0.1, 0.15) is 11.1 Å². The number of carbonyl (C=O) groups excluding carboxylic acids is 3. The van der Waals surface area contributed by atoms with E-state index in [1.807, 2.05) is 0 Å². The molecule has 0 aromatic heterocycles. The fourth-order valence-electron chi connectivity index (χ4n) is 3.32. The fourth-order valence-corrected chi connectivity index (χ4v) is 4.62. The Morgan fingerprint density at radius 3 is 2.52 bits per heavy atom. The van der Waals surface area contributed by atoms with E-state index in [1.165, 1.54) is 0 Å². The van der Waals surface area contributed by atoms with Gasteiger partial charge < -0.3 is 14.4 Å². The quantitative estimate of drug-likeness (QED) is 0.538. The summed E-state index contributed by atoms with van der Waals surface area (Å²) in [5.74, 6) is 0.0727. The zero-order valence-corrected chi connectivity index (χ0v) is 19.8. The molecule has 4 rings (SSSR count). The van der Waals surface area contributed by atoms with Gasteiger partial charge in [0.2, 0.25) is 0 Å². The van der Waals surface area contributed by atoms with Crippen LogP contribution in [0.3, 0.4) is 0 Å². The molecule has 0 N–H and O–H groups in total. The van der Waals surface area contributed by atoms with Gasteiger partial charge in [0.1, 0.15) is 5.75 Å². The summed E-state index contributed by atoms with van der Waals surface area (Å²) in [5, 5.41) is 0.516. The van der Waals surface area contributed by atoms with Crippen LogP contribution in [0, 0.1) is 0 Å². The van der Waals surface area contributed by atoms with E-state index in [4.69, 9.17) is 32.7 Å². The molecule has 0 atom stereocenters. The summed E-state index contributed by atoms with van der Waals surface area (Å²) in [6.45, 7) is 2.24. The third-order valence-corrected chi connectivity index (χ3v) is 6.62. The number of morpholine rings is 1. The number of amides is 3. The van der Waals surface area contributed by atoms with Crippen molar-refractivity contribution in [3.05, 3.63) is 68.5 Å². The molecule has 0 unspecified atom stereocenters. The molecule has 2 saturated heterocycles. The maximum absolute atomic E-state index is 12.8. The van der Waals surface area contributed by atoms with Crippen LogP contribution in [0.25, 0.3) is 6.08 Å². The largest absolute Gasteiger partial charge is 0.484 e. The molecule has 2 heterocycles. The van der Waals surface area contributed by atoms with Crippen LogP contribution < -0.4 is 4.74 Å². The van der Waals surface area contributed by atoms with Gasteiger partial charge in [-0.2, -0.15) is 0 Å². The molecule has 172 valence electrons. The number of carbonyl (C=O) groups is 3. The van der Waals surface area contributed by atoms with E-state index in [9.17, 15) is 14.4 Å². The van der Waals surface area contributed by atoms with Gasteiger partial charge in [0.05, 0.1) is 24.7 Å². The monoisotopic (exact) mass is 506 g/mol. The lowest BCUT2D eigenvalue weighted by molar-refractivity contribution is -0.137. The topological polar surface area (TPSA) is 76.2 Å². The van der Waals surface area contributed by atoms with E-state index in [1.54, 1.807) is 53.4 Å². The molecule has 3 amide bonds. The van der Waals surface area contributed by atoms with Gasteiger partial charge in [0, 0.05) is 23.1 Å². The highest BCUT2D eigenvalue weighted by molar-refractivity contribution is 8.18. The van der Waals surface area contributed by atoms with Crippen molar-refractivity contribution in [1.29, 1.82) is 0 Å². The molecule has 0 aliphatic carbocycles. The highest BCUT2D eigenvalue weighted by Gasteiger charge is 2.35. The third-order valence-electron chi connectivity index (χ3n) is 5.12. The molecule has 0 bridgehead atoms. The first kappa shape index (κ1) is 23.6. The second-order valence-corrected chi connectivity index (χ2v) is 9.19. The average Bonchev–Trinajstić information content (AvgIpc) is 3.08. The van der Waals surface area contributed by atoms with Crippen molar-refractivity contribution in [1.82, 2.24) is 9.80 Å². The number of hydrogen-bond donors (Lipinski definition) is 0. The average molecular weight is 507 g/mol. The van der Waals surface area contributed by atoms with E-state index < -0.39 is 0 Å². The van der Waals surface area contributed by atoms with Gasteiger partial charge in [0.25, 0.3) is 17.1 Å². The molecule has 0 saturated carbocycles. The molecule has 2 aliphatic rings. The van der Waals surface area contributed by atoms with Crippen LogP contribution in [0.4, 0.5) is 4.79 Å². The summed E-state index contributed by atoms with van der Waals surface area (Å²) in [7, 11) is 0. The van der Waals surface area contributed by atoms with Gasteiger partial charge in [-0.25, -0.2) is 0 Å². The van der Waals surface area contributed by atoms with Gasteiger partial charge in [-0.15, -0.1) is 0 Å². The number of benzene rings is 2. The van der Waals surface area contributed by atoms with Crippen molar-refractivity contribution < 1.29 is 23.9 Å². The first-order valence-electron chi connectivity index (χ1n) is 10.2. The summed E-state index contributed by atoms with van der Waals surface area (Å²) >= 11 is 13.0. The molecule has 2 aliphatic heterocycles. The van der Waals surface area contributed by atoms with E-state index in [-0.39, 0.29) is 30.2 Å². The minimum Gasteiger partial charge on any atom is -0.484 e. The SMILES string of the molecule is O=C(COc1ccc(/C=C2\SC(=O)N(Cc3ccc(Cl)cc3Cl)C2=O)cc1)N1CCOCC1. The molecule has 10 heteroatoms. The van der Waals surface area contributed by atoms with Gasteiger partial charge in [0.15, 0.2) is 6.61 Å². The Labute approximate surface area is 205 Å². The second-order valence-electron chi connectivity index (χ2n) is 7.35. The summed E-state index contributed by atoms with van der Waals surface area (Å²) < 4.78 is 10.8. The van der Waals surface area contributed by atoms with Gasteiger partial charge in [-0.05, 0) is 53.2 Å². The maximum Gasteiger partial charge on any atom is 0.293 e. The minimum atomic E-state index is -0.382. The Balaban J connectivity index is 1.36. The van der Waals surface area contributed by atoms with Crippen LogP contribution in [-0.2, 0) is 20.9 Å². The number of halogens is 2. The summed E-state index contributed by atoms with van der Waals surface area (Å²) in [4.78, 5) is 40.5. The number of ether oxygens (including phenoxy) is 2. The van der Waals surface area contributed by atoms with E-state index in [0.29, 0.717) is 52.6 Å². The molecule has 2 fully saturated rings. The summed E-state index contributed by atoms with van der Waals surface area (Å²) in [6, 6.07) is 11.9. The molecular weight excluding hydrogens is 487 g/mol. The summed E-state index contributed by atoms with van der Waals surface area (Å²) in [5.41, 5.74) is 1.37. The number of thioether (sulfide) groups is 1. The predicted octanol–water partition coefficient (Wildman–Crippen LogP) is 4.47. The van der Waals surface area contributed by atoms with Crippen LogP contribution in [0.15, 0.2) is 47.4 Å². The van der Waals surface area contributed by atoms with Crippen LogP contribution in [-0.4, -0.2) is 59.8 Å². The first-order chi connectivity index (χ1) is 15.9. The Hall–Kier alpha value is -2.52. The lowest BCUT2D eigenvalue weighted by atomic mass is 10.2. The highest BCUT2D eigenvalue weighted by atomic mass is 35.5. The van der Waals surface area contributed by atoms with Crippen molar-refractivity contribution in [2.24, 2.45) is 0 Å². The zero-order valence-electron chi connectivity index (χ0n) is 17.5. The molecule has 2 aromatic rings. The molecular formula is C23H20Cl2N2O5S. The van der Waals surface area contributed by atoms with Crippen molar-refractivity contribution in [2.45, 2.75) is 6.54 Å². The predicted molar refractivity (Wildman–Crippen MR) is 127 cm³/mol. The lowest BCUT2D eigenvalue weighted by Crippen LogP contribution is -2.42. The molecule has 33 heavy (non-hydrogen) atoms. The smallest absolute Gasteiger partial charge is 0.293 e. The minimum absolute atomic E-state index is 0.0501. The Morgan fingerprint density at radius 1 is 1.09 bits per heavy atom. The van der Waals surface area contributed by atoms with Crippen LogP contribution >= 0.6 is 35.0 Å². The molecule has 0 spiro atoms. The van der Waals surface area contributed by atoms with Crippen LogP contribution in [0.2, 0.25) is 10.0 Å². The van der Waals surface area contributed by atoms with Crippen molar-refractivity contribution in [2.75, 3.05) is 32.9 Å². The van der Waals surface area contributed by atoms with Crippen molar-refractivity contribution in [3.8, 4) is 5.75 Å². The van der Waals surface area contributed by atoms with E-state index >= 15 is 0 Å². The number of imide groups is 1.